The van der Waals surface area contributed by atoms with Crippen molar-refractivity contribution in [3.8, 4) is 0 Å². The van der Waals surface area contributed by atoms with Crippen LogP contribution in [0, 0.1) is 11.8 Å². The van der Waals surface area contributed by atoms with Gasteiger partial charge in [-0.05, 0) is 6.92 Å². The summed E-state index contributed by atoms with van der Waals surface area (Å²) >= 11 is 36.9. The molecule has 2 rings (SSSR count). The Morgan fingerprint density at radius 2 is 1.37 bits per heavy atom. The van der Waals surface area contributed by atoms with Crippen molar-refractivity contribution in [1.29, 1.82) is 0 Å². The number of carbonyl (C=O) groups excluding carboxylic acids is 1. The van der Waals surface area contributed by atoms with Gasteiger partial charge in [0.05, 0.1) is 21.9 Å². The monoisotopic (exact) mass is 384 g/mol. The van der Waals surface area contributed by atoms with Crippen LogP contribution in [0.2, 0.25) is 0 Å². The van der Waals surface area contributed by atoms with E-state index in [1.165, 1.54) is 6.92 Å². The first kappa shape index (κ1) is 16.0. The minimum atomic E-state index is -2.02. The van der Waals surface area contributed by atoms with Gasteiger partial charge in [0.2, 0.25) is 0 Å². The van der Waals surface area contributed by atoms with E-state index < -0.39 is 37.7 Å². The highest BCUT2D eigenvalue weighted by atomic mass is 35.5. The molecule has 106 valence electrons. The quantitative estimate of drug-likeness (QED) is 0.735. The second-order valence-corrected chi connectivity index (χ2v) is 7.81. The molecule has 0 aromatic carbocycles. The highest BCUT2D eigenvalue weighted by molar-refractivity contribution is 6.66. The van der Waals surface area contributed by atoms with Crippen molar-refractivity contribution in [1.82, 2.24) is 0 Å². The molecule has 4 unspecified atom stereocenters. The van der Waals surface area contributed by atoms with Crippen LogP contribution in [0.15, 0.2) is 10.1 Å². The number of allylic oxidation sites excluding steroid dienone is 2. The van der Waals surface area contributed by atoms with Crippen LogP contribution in [-0.4, -0.2) is 30.9 Å². The summed E-state index contributed by atoms with van der Waals surface area (Å²) in [4.78, 5) is 19.4. The van der Waals surface area contributed by atoms with Crippen LogP contribution in [0.3, 0.4) is 0 Å². The minimum absolute atomic E-state index is 0.187. The number of halogens is 6. The fourth-order valence-electron chi connectivity index (χ4n) is 2.81. The Kier molecular flexibility index (Phi) is 3.63. The van der Waals surface area contributed by atoms with Crippen molar-refractivity contribution < 1.29 is 14.7 Å². The smallest absolute Gasteiger partial charge is 0.309 e. The maximum atomic E-state index is 11.8. The van der Waals surface area contributed by atoms with Crippen LogP contribution in [-0.2, 0) is 9.59 Å². The summed E-state index contributed by atoms with van der Waals surface area (Å²) in [7, 11) is 0. The van der Waals surface area contributed by atoms with Crippen molar-refractivity contribution >= 4 is 81.4 Å². The maximum absolute atomic E-state index is 11.8. The number of aliphatic carboxylic acids is 1. The predicted molar refractivity (Wildman–Crippen MR) is 75.6 cm³/mol. The number of Topliss-reactive ketones (excluding diaryl/α,β-unsaturated/α-hetero) is 1. The zero-order chi connectivity index (χ0) is 15.0. The number of alkyl halides is 4. The second-order valence-electron chi connectivity index (χ2n) is 4.53. The summed E-state index contributed by atoms with van der Waals surface area (Å²) in [5, 5.41) is 8.91. The van der Waals surface area contributed by atoms with E-state index in [1.54, 1.807) is 0 Å². The molecule has 0 spiro atoms. The molecule has 1 fully saturated rings. The lowest BCUT2D eigenvalue weighted by molar-refractivity contribution is -0.146. The standard InChI is InChI=1S/C10H6Cl6O3/c1-2(17)3-4(7(18)19)9(14)6(12)5(11)8(3,13)10(9,15)16/h3-4H,1H3,(H,18,19). The molecule has 1 N–H and O–H groups in total. The van der Waals surface area contributed by atoms with Crippen LogP contribution >= 0.6 is 69.6 Å². The molecule has 2 aliphatic rings. The first-order valence-electron chi connectivity index (χ1n) is 5.00. The van der Waals surface area contributed by atoms with E-state index in [4.69, 9.17) is 69.6 Å². The number of carbonyl (C=O) groups is 2. The Bertz CT molecular complexity index is 485. The van der Waals surface area contributed by atoms with Gasteiger partial charge in [-0.2, -0.15) is 0 Å². The van der Waals surface area contributed by atoms with Crippen molar-refractivity contribution in [2.24, 2.45) is 11.8 Å². The van der Waals surface area contributed by atoms with E-state index in [1.807, 2.05) is 0 Å². The molecule has 0 amide bonds. The summed E-state index contributed by atoms with van der Waals surface area (Å²) in [6, 6.07) is 0. The van der Waals surface area contributed by atoms with E-state index in [9.17, 15) is 14.7 Å². The fourth-order valence-corrected chi connectivity index (χ4v) is 5.80. The molecule has 0 aliphatic heterocycles. The maximum Gasteiger partial charge on any atom is 0.309 e. The molecule has 9 heteroatoms. The highest BCUT2D eigenvalue weighted by Crippen LogP contribution is 2.76. The molecule has 2 aliphatic carbocycles. The molecule has 0 aromatic heterocycles. The summed E-state index contributed by atoms with van der Waals surface area (Å²) in [6.07, 6.45) is 0. The van der Waals surface area contributed by atoms with Gasteiger partial charge >= 0.3 is 5.97 Å². The first-order valence-corrected chi connectivity index (χ1v) is 7.27. The van der Waals surface area contributed by atoms with Crippen LogP contribution in [0.25, 0.3) is 0 Å². The molecular weight excluding hydrogens is 381 g/mol. The molecule has 0 heterocycles. The third kappa shape index (κ3) is 1.50. The van der Waals surface area contributed by atoms with Crippen molar-refractivity contribution in [2.75, 3.05) is 0 Å². The van der Waals surface area contributed by atoms with Gasteiger partial charge in [-0.25, -0.2) is 0 Å². The van der Waals surface area contributed by atoms with E-state index in [2.05, 4.69) is 0 Å². The largest absolute Gasteiger partial charge is 0.481 e. The molecule has 1 saturated carbocycles. The van der Waals surface area contributed by atoms with Crippen molar-refractivity contribution in [3.63, 3.8) is 0 Å². The van der Waals surface area contributed by atoms with E-state index in [0.717, 1.165) is 0 Å². The van der Waals surface area contributed by atoms with E-state index >= 15 is 0 Å². The second kappa shape index (κ2) is 4.31. The average molecular weight is 387 g/mol. The summed E-state index contributed by atoms with van der Waals surface area (Å²) in [5.41, 5.74) is 0. The summed E-state index contributed by atoms with van der Waals surface area (Å²) < 4.78 is -2.02. The number of carboxylic acid groups (broad SMARTS) is 1. The minimum Gasteiger partial charge on any atom is -0.481 e. The van der Waals surface area contributed by atoms with E-state index in [-0.39, 0.29) is 10.1 Å². The molecule has 3 nitrogen and oxygen atoms in total. The molecule has 2 bridgehead atoms. The third-order valence-corrected chi connectivity index (χ3v) is 7.90. The van der Waals surface area contributed by atoms with Crippen LogP contribution in [0.4, 0.5) is 0 Å². The molecule has 0 radical (unpaired) electrons. The van der Waals surface area contributed by atoms with Gasteiger partial charge in [-0.1, -0.05) is 46.4 Å². The van der Waals surface area contributed by atoms with Gasteiger partial charge < -0.3 is 5.11 Å². The topological polar surface area (TPSA) is 54.4 Å². The number of ketones is 1. The Labute approximate surface area is 138 Å². The van der Waals surface area contributed by atoms with Gasteiger partial charge in [0.15, 0.2) is 4.33 Å². The Morgan fingerprint density at radius 1 is 1.00 bits per heavy atom. The van der Waals surface area contributed by atoms with Gasteiger partial charge in [0, 0.05) is 0 Å². The number of fused-ring (bicyclic) bond motifs is 2. The lowest BCUT2D eigenvalue weighted by atomic mass is 9.79. The molecule has 0 saturated heterocycles. The summed E-state index contributed by atoms with van der Waals surface area (Å²) in [5.74, 6) is -4.63. The van der Waals surface area contributed by atoms with Crippen LogP contribution in [0.1, 0.15) is 6.92 Å². The zero-order valence-corrected chi connectivity index (χ0v) is 13.7. The predicted octanol–water partition coefficient (Wildman–Crippen LogP) is 3.74. The highest BCUT2D eigenvalue weighted by Gasteiger charge is 2.84. The summed E-state index contributed by atoms with van der Waals surface area (Å²) in [6.45, 7) is 1.17. The number of hydrogen-bond donors (Lipinski definition) is 1. The van der Waals surface area contributed by atoms with Crippen molar-refractivity contribution in [3.05, 3.63) is 10.1 Å². The van der Waals surface area contributed by atoms with Crippen LogP contribution < -0.4 is 0 Å². The van der Waals surface area contributed by atoms with Gasteiger partial charge in [-0.15, -0.1) is 23.2 Å². The normalized spacial score (nSPS) is 43.7. The third-order valence-electron chi connectivity index (χ3n) is 3.64. The van der Waals surface area contributed by atoms with Gasteiger partial charge in [0.25, 0.3) is 0 Å². The van der Waals surface area contributed by atoms with E-state index in [0.29, 0.717) is 0 Å². The number of rotatable bonds is 2. The molecular formula is C10H6Cl6O3. The lowest BCUT2D eigenvalue weighted by Gasteiger charge is -2.32. The van der Waals surface area contributed by atoms with Gasteiger partial charge in [0.1, 0.15) is 15.5 Å². The molecule has 4 atom stereocenters. The molecule has 0 aromatic rings. The molecule has 19 heavy (non-hydrogen) atoms. The lowest BCUT2D eigenvalue weighted by Crippen LogP contribution is -2.45. The van der Waals surface area contributed by atoms with Gasteiger partial charge in [-0.3, -0.25) is 9.59 Å². The number of hydrogen-bond acceptors (Lipinski definition) is 2. The van der Waals surface area contributed by atoms with Crippen LogP contribution in [0.5, 0.6) is 0 Å². The SMILES string of the molecule is CC(=O)C1C(C(=O)O)C2(Cl)C(Cl)=C(Cl)C1(Cl)C2(Cl)Cl. The Hall–Kier alpha value is 0.620. The average Bonchev–Trinajstić information content (AvgIpc) is 2.48. The van der Waals surface area contributed by atoms with Crippen molar-refractivity contribution in [2.45, 2.75) is 21.0 Å². The fraction of sp³-hybridized carbons (Fsp3) is 0.600. The number of carboxylic acids is 1. The zero-order valence-electron chi connectivity index (χ0n) is 9.19. The Morgan fingerprint density at radius 3 is 1.68 bits per heavy atom. The Balaban J connectivity index is 2.84. The first-order chi connectivity index (χ1) is 8.45.